The van der Waals surface area contributed by atoms with E-state index in [1.54, 1.807) is 0 Å². The molecule has 0 amide bonds. The van der Waals surface area contributed by atoms with E-state index in [0.717, 1.165) is 27.8 Å². The first-order valence-corrected chi connectivity index (χ1v) is 6.35. The Hall–Kier alpha value is -2.81. The number of amidine groups is 1. The molecule has 3 nitrogen and oxygen atoms in total. The van der Waals surface area contributed by atoms with Crippen molar-refractivity contribution >= 4 is 16.6 Å². The zero-order chi connectivity index (χ0) is 13.9. The monoisotopic (exact) mass is 262 g/mol. The minimum Gasteiger partial charge on any atom is -0.457 e. The number of nitrogens with two attached hydrogens (primary N) is 1. The van der Waals surface area contributed by atoms with Gasteiger partial charge in [0.05, 0.1) is 0 Å². The van der Waals surface area contributed by atoms with Gasteiger partial charge in [-0.3, -0.25) is 5.41 Å². The number of ether oxygens (including phenoxy) is 1. The Morgan fingerprint density at radius 3 is 2.15 bits per heavy atom. The molecule has 0 aromatic heterocycles. The van der Waals surface area contributed by atoms with E-state index in [4.69, 9.17) is 15.9 Å². The number of hydrogen-bond acceptors (Lipinski definition) is 2. The summed E-state index contributed by atoms with van der Waals surface area (Å²) in [5.41, 5.74) is 6.35. The van der Waals surface area contributed by atoms with Crippen molar-refractivity contribution in [3.8, 4) is 11.5 Å². The van der Waals surface area contributed by atoms with Gasteiger partial charge in [0, 0.05) is 10.9 Å². The highest BCUT2D eigenvalue weighted by Gasteiger charge is 2.09. The lowest BCUT2D eigenvalue weighted by Gasteiger charge is -2.11. The largest absolute Gasteiger partial charge is 0.457 e. The molecular formula is C17H14N2O. The van der Waals surface area contributed by atoms with Crippen LogP contribution in [0.2, 0.25) is 0 Å². The molecule has 98 valence electrons. The molecule has 0 heterocycles. The third-order valence-corrected chi connectivity index (χ3v) is 3.15. The molecule has 20 heavy (non-hydrogen) atoms. The second kappa shape index (κ2) is 5.05. The second-order valence-corrected chi connectivity index (χ2v) is 4.49. The molecule has 0 saturated heterocycles. The van der Waals surface area contributed by atoms with Gasteiger partial charge in [0.1, 0.15) is 17.3 Å². The molecule has 3 aromatic rings. The molecule has 0 aliphatic carbocycles. The van der Waals surface area contributed by atoms with Crippen LogP contribution in [0.4, 0.5) is 0 Å². The van der Waals surface area contributed by atoms with Crippen molar-refractivity contribution in [3.05, 3.63) is 72.3 Å². The maximum atomic E-state index is 7.65. The van der Waals surface area contributed by atoms with E-state index in [9.17, 15) is 0 Å². The van der Waals surface area contributed by atoms with Gasteiger partial charge in [0.2, 0.25) is 0 Å². The van der Waals surface area contributed by atoms with Gasteiger partial charge in [-0.25, -0.2) is 0 Å². The van der Waals surface area contributed by atoms with Crippen LogP contribution < -0.4 is 10.5 Å². The zero-order valence-corrected chi connectivity index (χ0v) is 10.8. The van der Waals surface area contributed by atoms with E-state index in [1.165, 1.54) is 0 Å². The number of para-hydroxylation sites is 1. The molecule has 3 heteroatoms. The molecular weight excluding hydrogens is 248 g/mol. The van der Waals surface area contributed by atoms with Gasteiger partial charge in [0.25, 0.3) is 0 Å². The minimum absolute atomic E-state index is 0.0625. The van der Waals surface area contributed by atoms with Gasteiger partial charge in [-0.1, -0.05) is 42.5 Å². The molecule has 0 spiro atoms. The van der Waals surface area contributed by atoms with E-state index in [0.29, 0.717) is 0 Å². The van der Waals surface area contributed by atoms with Crippen molar-refractivity contribution in [2.24, 2.45) is 5.73 Å². The minimum atomic E-state index is 0.0625. The van der Waals surface area contributed by atoms with Crippen LogP contribution in [0.1, 0.15) is 5.56 Å². The molecule has 0 radical (unpaired) electrons. The number of rotatable bonds is 3. The van der Waals surface area contributed by atoms with Gasteiger partial charge in [0.15, 0.2) is 0 Å². The smallest absolute Gasteiger partial charge is 0.135 e. The molecule has 0 atom stereocenters. The van der Waals surface area contributed by atoms with E-state index in [-0.39, 0.29) is 5.84 Å². The van der Waals surface area contributed by atoms with Crippen LogP contribution in [0.5, 0.6) is 11.5 Å². The molecule has 3 N–H and O–H groups in total. The second-order valence-electron chi connectivity index (χ2n) is 4.49. The lowest BCUT2D eigenvalue weighted by atomic mass is 10.0. The Labute approximate surface area is 117 Å². The number of nitrogens with one attached hydrogen (secondary N) is 1. The van der Waals surface area contributed by atoms with Crippen LogP contribution in [0, 0.1) is 5.41 Å². The third-order valence-electron chi connectivity index (χ3n) is 3.15. The average Bonchev–Trinajstić information content (AvgIpc) is 2.48. The molecule has 0 bridgehead atoms. The lowest BCUT2D eigenvalue weighted by molar-refractivity contribution is 0.488. The molecule has 0 aliphatic heterocycles. The zero-order valence-electron chi connectivity index (χ0n) is 10.8. The predicted octanol–water partition coefficient (Wildman–Crippen LogP) is 3.92. The van der Waals surface area contributed by atoms with Gasteiger partial charge < -0.3 is 10.5 Å². The summed E-state index contributed by atoms with van der Waals surface area (Å²) in [6.45, 7) is 0. The van der Waals surface area contributed by atoms with Gasteiger partial charge >= 0.3 is 0 Å². The fourth-order valence-corrected chi connectivity index (χ4v) is 2.21. The summed E-state index contributed by atoms with van der Waals surface area (Å²) in [5, 5.41) is 9.52. The van der Waals surface area contributed by atoms with Crippen molar-refractivity contribution in [1.82, 2.24) is 0 Å². The van der Waals surface area contributed by atoms with Crippen LogP contribution in [-0.4, -0.2) is 5.84 Å². The van der Waals surface area contributed by atoms with E-state index in [1.807, 2.05) is 66.7 Å². The SMILES string of the molecule is N=C(N)c1ccc(Oc2ccccc2)c2ccccc12. The van der Waals surface area contributed by atoms with Crippen LogP contribution in [0.15, 0.2) is 66.7 Å². The Kier molecular flexibility index (Phi) is 3.09. The Balaban J connectivity index is 2.13. The highest BCUT2D eigenvalue weighted by molar-refractivity contribution is 6.09. The van der Waals surface area contributed by atoms with Crippen molar-refractivity contribution in [1.29, 1.82) is 5.41 Å². The van der Waals surface area contributed by atoms with Crippen LogP contribution in [0.3, 0.4) is 0 Å². The molecule has 3 rings (SSSR count). The van der Waals surface area contributed by atoms with Crippen LogP contribution in [0.25, 0.3) is 10.8 Å². The van der Waals surface area contributed by atoms with Gasteiger partial charge in [-0.2, -0.15) is 0 Å². The maximum absolute atomic E-state index is 7.65. The summed E-state index contributed by atoms with van der Waals surface area (Å²) in [5.74, 6) is 1.61. The average molecular weight is 262 g/mol. The van der Waals surface area contributed by atoms with E-state index >= 15 is 0 Å². The summed E-state index contributed by atoms with van der Waals surface area (Å²) >= 11 is 0. The van der Waals surface area contributed by atoms with Crippen molar-refractivity contribution in [3.63, 3.8) is 0 Å². The molecule has 0 fully saturated rings. The summed E-state index contributed by atoms with van der Waals surface area (Å²) < 4.78 is 5.92. The molecule has 0 unspecified atom stereocenters. The lowest BCUT2D eigenvalue weighted by Crippen LogP contribution is -2.11. The van der Waals surface area contributed by atoms with E-state index < -0.39 is 0 Å². The first-order chi connectivity index (χ1) is 9.75. The molecule has 0 saturated carbocycles. The highest BCUT2D eigenvalue weighted by atomic mass is 16.5. The number of benzene rings is 3. The van der Waals surface area contributed by atoms with Crippen molar-refractivity contribution in [2.45, 2.75) is 0 Å². The summed E-state index contributed by atoms with van der Waals surface area (Å²) in [6.07, 6.45) is 0. The fourth-order valence-electron chi connectivity index (χ4n) is 2.21. The number of fused-ring (bicyclic) bond motifs is 1. The molecule has 3 aromatic carbocycles. The first-order valence-electron chi connectivity index (χ1n) is 6.35. The Morgan fingerprint density at radius 1 is 0.800 bits per heavy atom. The normalized spacial score (nSPS) is 10.4. The van der Waals surface area contributed by atoms with Crippen molar-refractivity contribution < 1.29 is 4.74 Å². The quantitative estimate of drug-likeness (QED) is 0.555. The maximum Gasteiger partial charge on any atom is 0.135 e. The van der Waals surface area contributed by atoms with Gasteiger partial charge in [-0.15, -0.1) is 0 Å². The Morgan fingerprint density at radius 2 is 1.45 bits per heavy atom. The standard InChI is InChI=1S/C17H14N2O/c18-17(19)15-10-11-16(14-9-5-4-8-13(14)15)20-12-6-2-1-3-7-12/h1-11H,(H3,18,19). The summed E-state index contributed by atoms with van der Waals surface area (Å²) in [6, 6.07) is 21.1. The first kappa shape index (κ1) is 12.2. The predicted molar refractivity (Wildman–Crippen MR) is 81.5 cm³/mol. The summed E-state index contributed by atoms with van der Waals surface area (Å²) in [7, 11) is 0. The van der Waals surface area contributed by atoms with Crippen LogP contribution >= 0.6 is 0 Å². The Bertz CT molecular complexity index is 766. The number of nitrogen functional groups attached to an aromatic ring is 1. The van der Waals surface area contributed by atoms with Gasteiger partial charge in [-0.05, 0) is 29.7 Å². The van der Waals surface area contributed by atoms with Crippen LogP contribution in [-0.2, 0) is 0 Å². The fraction of sp³-hybridized carbons (Fsp3) is 0. The summed E-state index contributed by atoms with van der Waals surface area (Å²) in [4.78, 5) is 0. The highest BCUT2D eigenvalue weighted by Crippen LogP contribution is 2.31. The molecule has 0 aliphatic rings. The van der Waals surface area contributed by atoms with Crippen molar-refractivity contribution in [2.75, 3.05) is 0 Å². The van der Waals surface area contributed by atoms with E-state index in [2.05, 4.69) is 0 Å². The number of hydrogen-bond donors (Lipinski definition) is 2. The third kappa shape index (κ3) is 2.21. The topological polar surface area (TPSA) is 59.1 Å².